The van der Waals surface area contributed by atoms with Crippen molar-refractivity contribution in [3.8, 4) is 0 Å². The van der Waals surface area contributed by atoms with E-state index in [1.807, 2.05) is 23.3 Å². The second kappa shape index (κ2) is 8.46. The molecule has 6 nitrogen and oxygen atoms in total. The van der Waals surface area contributed by atoms with Gasteiger partial charge in [0, 0.05) is 24.9 Å². The lowest BCUT2D eigenvalue weighted by Crippen LogP contribution is -2.22. The minimum Gasteiger partial charge on any atom is -0.307 e. The molecule has 1 aliphatic rings. The van der Waals surface area contributed by atoms with Gasteiger partial charge in [-0.1, -0.05) is 12.1 Å². The Hall–Kier alpha value is -1.16. The van der Waals surface area contributed by atoms with Gasteiger partial charge in [0.1, 0.15) is 5.82 Å². The van der Waals surface area contributed by atoms with Gasteiger partial charge in [-0.05, 0) is 55.6 Å². The summed E-state index contributed by atoms with van der Waals surface area (Å²) in [6.45, 7) is 1.41. The van der Waals surface area contributed by atoms with Crippen LogP contribution in [-0.4, -0.2) is 52.5 Å². The van der Waals surface area contributed by atoms with E-state index < -0.39 is 9.84 Å². The van der Waals surface area contributed by atoms with E-state index in [9.17, 15) is 8.42 Å². The van der Waals surface area contributed by atoms with Crippen molar-refractivity contribution >= 4 is 33.8 Å². The number of nitrogens with zero attached hydrogens (tertiary/aromatic N) is 4. The van der Waals surface area contributed by atoms with Gasteiger partial charge in [0.15, 0.2) is 14.6 Å². The lowest BCUT2D eigenvalue weighted by Gasteiger charge is -2.16. The number of hydrogen-bond acceptors (Lipinski definition) is 6. The van der Waals surface area contributed by atoms with Crippen molar-refractivity contribution in [2.45, 2.75) is 31.0 Å². The Bertz CT molecular complexity index is 948. The molecule has 1 atom stereocenters. The molecule has 9 heteroatoms. The Labute approximate surface area is 170 Å². The van der Waals surface area contributed by atoms with Gasteiger partial charge in [-0.2, -0.15) is 5.10 Å². The molecular formula is C18H26N4O2S3. The number of hydrogen-bond donors (Lipinski definition) is 0. The first-order valence-corrected chi connectivity index (χ1v) is 12.4. The van der Waals surface area contributed by atoms with Crippen molar-refractivity contribution in [3.05, 3.63) is 40.4 Å². The highest BCUT2D eigenvalue weighted by atomic mass is 32.2. The Kier molecular flexibility index (Phi) is 6.45. The third kappa shape index (κ3) is 5.22. The molecule has 0 aliphatic carbocycles. The van der Waals surface area contributed by atoms with Crippen molar-refractivity contribution in [1.82, 2.24) is 19.2 Å². The molecule has 0 amide bonds. The van der Waals surface area contributed by atoms with Crippen molar-refractivity contribution in [3.63, 3.8) is 0 Å². The molecule has 1 aromatic heterocycles. The van der Waals surface area contributed by atoms with Gasteiger partial charge >= 0.3 is 0 Å². The molecule has 1 fully saturated rings. The molecule has 1 aliphatic heterocycles. The highest BCUT2D eigenvalue weighted by molar-refractivity contribution is 7.98. The molecule has 1 saturated heterocycles. The van der Waals surface area contributed by atoms with Crippen LogP contribution in [0.4, 0.5) is 0 Å². The standard InChI is InChI=1S/C18H26N4O2S3/c1-20(11-14-4-6-16(26-3)7-5-14)13-22-18(25)21(2)17(19-22)10-15-8-9-27(23,24)12-15/h4-7,15H,8-13H2,1-3H3. The predicted octanol–water partition coefficient (Wildman–Crippen LogP) is 2.74. The molecule has 27 heavy (non-hydrogen) atoms. The summed E-state index contributed by atoms with van der Waals surface area (Å²) in [5, 5.41) is 4.67. The van der Waals surface area contributed by atoms with Crippen LogP contribution in [-0.2, 0) is 36.5 Å². The van der Waals surface area contributed by atoms with E-state index in [0.29, 0.717) is 30.0 Å². The van der Waals surface area contributed by atoms with E-state index >= 15 is 0 Å². The van der Waals surface area contributed by atoms with Crippen LogP contribution < -0.4 is 0 Å². The van der Waals surface area contributed by atoms with Crippen LogP contribution in [0, 0.1) is 10.7 Å². The molecule has 0 bridgehead atoms. The van der Waals surface area contributed by atoms with E-state index in [1.165, 1.54) is 10.5 Å². The summed E-state index contributed by atoms with van der Waals surface area (Å²) in [7, 11) is 1.08. The molecule has 2 aromatic rings. The third-order valence-corrected chi connectivity index (χ3v) is 7.98. The van der Waals surface area contributed by atoms with Crippen molar-refractivity contribution in [2.24, 2.45) is 13.0 Å². The lowest BCUT2D eigenvalue weighted by molar-refractivity contribution is 0.243. The first kappa shape index (κ1) is 20.6. The van der Waals surface area contributed by atoms with Crippen LogP contribution in [0.5, 0.6) is 0 Å². The summed E-state index contributed by atoms with van der Waals surface area (Å²) in [6, 6.07) is 8.56. The largest absolute Gasteiger partial charge is 0.307 e. The number of rotatable bonds is 7. The molecule has 1 aromatic carbocycles. The van der Waals surface area contributed by atoms with E-state index in [1.54, 1.807) is 11.8 Å². The predicted molar refractivity (Wildman–Crippen MR) is 112 cm³/mol. The minimum absolute atomic E-state index is 0.145. The van der Waals surface area contributed by atoms with Crippen molar-refractivity contribution in [1.29, 1.82) is 0 Å². The highest BCUT2D eigenvalue weighted by Gasteiger charge is 2.29. The van der Waals surface area contributed by atoms with E-state index in [-0.39, 0.29) is 11.7 Å². The Morgan fingerprint density at radius 1 is 1.33 bits per heavy atom. The normalized spacial score (nSPS) is 19.0. The Morgan fingerprint density at radius 2 is 2.04 bits per heavy atom. The minimum atomic E-state index is -2.87. The van der Waals surface area contributed by atoms with E-state index in [2.05, 4.69) is 40.5 Å². The fourth-order valence-corrected chi connectivity index (χ4v) is 5.89. The van der Waals surface area contributed by atoms with Crippen LogP contribution in [0.3, 0.4) is 0 Å². The fourth-order valence-electron chi connectivity index (χ4n) is 3.42. The fraction of sp³-hybridized carbons (Fsp3) is 0.556. The lowest BCUT2D eigenvalue weighted by atomic mass is 10.1. The van der Waals surface area contributed by atoms with Crippen LogP contribution >= 0.6 is 24.0 Å². The molecule has 0 saturated carbocycles. The molecular weight excluding hydrogens is 400 g/mol. The van der Waals surface area contributed by atoms with Crippen molar-refractivity contribution in [2.75, 3.05) is 24.8 Å². The topological polar surface area (TPSA) is 60.1 Å². The van der Waals surface area contributed by atoms with E-state index in [0.717, 1.165) is 12.4 Å². The maximum Gasteiger partial charge on any atom is 0.198 e. The summed E-state index contributed by atoms with van der Waals surface area (Å²) in [5.74, 6) is 1.56. The Morgan fingerprint density at radius 3 is 2.63 bits per heavy atom. The molecule has 148 valence electrons. The third-order valence-electron chi connectivity index (χ3n) is 4.92. The summed E-state index contributed by atoms with van der Waals surface area (Å²) in [5.41, 5.74) is 1.24. The summed E-state index contributed by atoms with van der Waals surface area (Å²) >= 11 is 7.27. The average molecular weight is 427 g/mol. The average Bonchev–Trinajstić information content (AvgIpc) is 3.09. The zero-order valence-corrected chi connectivity index (χ0v) is 18.4. The van der Waals surface area contributed by atoms with Gasteiger partial charge in [-0.25, -0.2) is 13.1 Å². The van der Waals surface area contributed by atoms with Crippen LogP contribution in [0.15, 0.2) is 29.2 Å². The monoisotopic (exact) mass is 426 g/mol. The van der Waals surface area contributed by atoms with Gasteiger partial charge < -0.3 is 4.57 Å². The number of benzene rings is 1. The quantitative estimate of drug-likeness (QED) is 0.501. The first-order chi connectivity index (χ1) is 12.8. The zero-order chi connectivity index (χ0) is 19.6. The van der Waals surface area contributed by atoms with Gasteiger partial charge in [-0.3, -0.25) is 4.90 Å². The Balaban J connectivity index is 1.65. The van der Waals surface area contributed by atoms with E-state index in [4.69, 9.17) is 12.2 Å². The molecule has 0 N–H and O–H groups in total. The van der Waals surface area contributed by atoms with Gasteiger partial charge in [0.25, 0.3) is 0 Å². The maximum absolute atomic E-state index is 11.7. The highest BCUT2D eigenvalue weighted by Crippen LogP contribution is 2.22. The van der Waals surface area contributed by atoms with Gasteiger partial charge in [0.05, 0.1) is 18.2 Å². The van der Waals surface area contributed by atoms with Crippen molar-refractivity contribution < 1.29 is 8.42 Å². The number of sulfone groups is 1. The smallest absolute Gasteiger partial charge is 0.198 e. The summed E-state index contributed by atoms with van der Waals surface area (Å²) < 4.78 is 27.8. The SMILES string of the molecule is CSc1ccc(CN(C)Cn2nc(CC3CCS(=O)(=O)C3)n(C)c2=S)cc1. The molecule has 1 unspecified atom stereocenters. The van der Waals surface area contributed by atoms with Crippen LogP contribution in [0.2, 0.25) is 0 Å². The maximum atomic E-state index is 11.7. The molecule has 2 heterocycles. The zero-order valence-electron chi connectivity index (χ0n) is 16.0. The first-order valence-electron chi connectivity index (χ1n) is 8.92. The second-order valence-electron chi connectivity index (χ2n) is 7.23. The molecule has 3 rings (SSSR count). The molecule has 0 radical (unpaired) electrons. The second-order valence-corrected chi connectivity index (χ2v) is 10.7. The summed E-state index contributed by atoms with van der Waals surface area (Å²) in [6.07, 6.45) is 3.45. The summed E-state index contributed by atoms with van der Waals surface area (Å²) in [4.78, 5) is 3.42. The number of aromatic nitrogens is 3. The molecule has 0 spiro atoms. The van der Waals surface area contributed by atoms with Gasteiger partial charge in [0.2, 0.25) is 0 Å². The van der Waals surface area contributed by atoms with Gasteiger partial charge in [-0.15, -0.1) is 11.8 Å². The van der Waals surface area contributed by atoms with Crippen LogP contribution in [0.25, 0.3) is 0 Å². The number of thioether (sulfide) groups is 1. The van der Waals surface area contributed by atoms with Crippen LogP contribution in [0.1, 0.15) is 17.8 Å².